The van der Waals surface area contributed by atoms with Gasteiger partial charge in [-0.05, 0) is 13.0 Å². The number of hydrogen-bond donors (Lipinski definition) is 1. The van der Waals surface area contributed by atoms with Crippen LogP contribution in [0.5, 0.6) is 5.75 Å². The SMILES string of the molecule is Cc1c(C(=O)O)c2cc([O-])ccc2n1C. The number of benzene rings is 1. The van der Waals surface area contributed by atoms with Crippen LogP contribution in [0.15, 0.2) is 18.2 Å². The molecule has 0 saturated carbocycles. The third kappa shape index (κ3) is 1.26. The van der Waals surface area contributed by atoms with Crippen molar-refractivity contribution in [1.29, 1.82) is 0 Å². The summed E-state index contributed by atoms with van der Waals surface area (Å²) in [5.74, 6) is -1.17. The number of carbonyl (C=O) groups is 1. The van der Waals surface area contributed by atoms with E-state index in [2.05, 4.69) is 0 Å². The Hall–Kier alpha value is -1.97. The molecule has 2 rings (SSSR count). The van der Waals surface area contributed by atoms with Crippen LogP contribution in [0.2, 0.25) is 0 Å². The van der Waals surface area contributed by atoms with Crippen molar-refractivity contribution in [3.8, 4) is 5.75 Å². The first-order valence-electron chi connectivity index (χ1n) is 4.51. The Morgan fingerprint density at radius 2 is 2.13 bits per heavy atom. The summed E-state index contributed by atoms with van der Waals surface area (Å²) in [7, 11) is 1.79. The first-order valence-corrected chi connectivity index (χ1v) is 4.51. The van der Waals surface area contributed by atoms with Crippen LogP contribution in [0.3, 0.4) is 0 Å². The molecule has 4 nitrogen and oxygen atoms in total. The van der Waals surface area contributed by atoms with Gasteiger partial charge in [-0.25, -0.2) is 4.79 Å². The summed E-state index contributed by atoms with van der Waals surface area (Å²) in [5, 5.41) is 20.7. The lowest BCUT2D eigenvalue weighted by Crippen LogP contribution is -1.99. The van der Waals surface area contributed by atoms with Crippen LogP contribution in [-0.2, 0) is 7.05 Å². The molecule has 0 saturated heterocycles. The largest absolute Gasteiger partial charge is 0.872 e. The summed E-state index contributed by atoms with van der Waals surface area (Å²) in [6.07, 6.45) is 0. The molecule has 1 aromatic carbocycles. The molecule has 1 aromatic heterocycles. The summed E-state index contributed by atoms with van der Waals surface area (Å²) >= 11 is 0. The Morgan fingerprint density at radius 1 is 1.47 bits per heavy atom. The molecular weight excluding hydrogens is 194 g/mol. The molecule has 0 aliphatic rings. The van der Waals surface area contributed by atoms with Crippen LogP contribution in [-0.4, -0.2) is 15.6 Å². The minimum absolute atomic E-state index is 0.171. The number of carboxylic acid groups (broad SMARTS) is 1. The van der Waals surface area contributed by atoms with Crippen LogP contribution in [0.1, 0.15) is 16.1 Å². The van der Waals surface area contributed by atoms with Crippen molar-refractivity contribution in [2.24, 2.45) is 7.05 Å². The third-order valence-corrected chi connectivity index (χ3v) is 2.68. The van der Waals surface area contributed by atoms with Gasteiger partial charge in [0.15, 0.2) is 0 Å². The molecule has 1 N–H and O–H groups in total. The highest BCUT2D eigenvalue weighted by atomic mass is 16.4. The zero-order valence-corrected chi connectivity index (χ0v) is 8.44. The maximum atomic E-state index is 11.2. The normalized spacial score (nSPS) is 10.8. The van der Waals surface area contributed by atoms with Crippen LogP contribution >= 0.6 is 0 Å². The maximum Gasteiger partial charge on any atom is 0.338 e. The molecule has 0 bridgehead atoms. The first-order chi connectivity index (χ1) is 7.02. The zero-order valence-electron chi connectivity index (χ0n) is 8.44. The van der Waals surface area contributed by atoms with Crippen LogP contribution in [0.4, 0.5) is 0 Å². The predicted octanol–water partition coefficient (Wildman–Crippen LogP) is 1.26. The minimum atomic E-state index is -0.997. The molecule has 15 heavy (non-hydrogen) atoms. The van der Waals surface area contributed by atoms with Crippen LogP contribution in [0.25, 0.3) is 10.9 Å². The molecule has 0 unspecified atom stereocenters. The van der Waals surface area contributed by atoms with E-state index in [1.165, 1.54) is 12.1 Å². The smallest absolute Gasteiger partial charge is 0.338 e. The molecule has 0 aliphatic carbocycles. The highest BCUT2D eigenvalue weighted by Gasteiger charge is 2.16. The Bertz CT molecular complexity index is 554. The molecule has 2 aromatic rings. The number of rotatable bonds is 1. The maximum absolute atomic E-state index is 11.2. The Kier molecular flexibility index (Phi) is 1.93. The number of aromatic nitrogens is 1. The van der Waals surface area contributed by atoms with Crippen molar-refractivity contribution in [2.75, 3.05) is 0 Å². The van der Waals surface area contributed by atoms with Gasteiger partial charge in [0, 0.05) is 23.6 Å². The number of nitrogens with zero attached hydrogens (tertiary/aromatic N) is 1. The van der Waals surface area contributed by atoms with Gasteiger partial charge in [-0.2, -0.15) is 0 Å². The Balaban J connectivity index is 2.95. The van der Waals surface area contributed by atoms with Gasteiger partial charge in [0.2, 0.25) is 0 Å². The fourth-order valence-electron chi connectivity index (χ4n) is 1.82. The van der Waals surface area contributed by atoms with E-state index in [-0.39, 0.29) is 11.3 Å². The van der Waals surface area contributed by atoms with Crippen molar-refractivity contribution in [3.63, 3.8) is 0 Å². The number of fused-ring (bicyclic) bond motifs is 1. The van der Waals surface area contributed by atoms with E-state index in [1.54, 1.807) is 24.6 Å². The average Bonchev–Trinajstić information content (AvgIpc) is 2.39. The fourth-order valence-corrected chi connectivity index (χ4v) is 1.82. The molecule has 0 fully saturated rings. The highest BCUT2D eigenvalue weighted by molar-refractivity contribution is 6.05. The predicted molar refractivity (Wildman–Crippen MR) is 54.1 cm³/mol. The summed E-state index contributed by atoms with van der Waals surface area (Å²) in [4.78, 5) is 11.0. The fraction of sp³-hybridized carbons (Fsp3) is 0.182. The van der Waals surface area contributed by atoms with Gasteiger partial charge in [0.05, 0.1) is 5.56 Å². The number of aromatic carboxylic acids is 1. The molecule has 1 heterocycles. The summed E-state index contributed by atoms with van der Waals surface area (Å²) < 4.78 is 1.78. The molecule has 0 aliphatic heterocycles. The second-order valence-electron chi connectivity index (χ2n) is 3.50. The van der Waals surface area contributed by atoms with Gasteiger partial charge in [0.25, 0.3) is 0 Å². The second kappa shape index (κ2) is 3.02. The summed E-state index contributed by atoms with van der Waals surface area (Å²) in [5.41, 5.74) is 1.64. The lowest BCUT2D eigenvalue weighted by Gasteiger charge is -2.04. The van der Waals surface area contributed by atoms with E-state index < -0.39 is 5.97 Å². The van der Waals surface area contributed by atoms with Crippen molar-refractivity contribution in [3.05, 3.63) is 29.5 Å². The van der Waals surface area contributed by atoms with E-state index >= 15 is 0 Å². The van der Waals surface area contributed by atoms with E-state index in [0.29, 0.717) is 11.1 Å². The van der Waals surface area contributed by atoms with E-state index in [0.717, 1.165) is 5.52 Å². The van der Waals surface area contributed by atoms with Crippen molar-refractivity contribution in [1.82, 2.24) is 4.57 Å². The monoisotopic (exact) mass is 204 g/mol. The van der Waals surface area contributed by atoms with Crippen molar-refractivity contribution < 1.29 is 15.0 Å². The number of hydrogen-bond acceptors (Lipinski definition) is 2. The van der Waals surface area contributed by atoms with Gasteiger partial charge >= 0.3 is 5.97 Å². The van der Waals surface area contributed by atoms with Crippen LogP contribution in [0, 0.1) is 6.92 Å². The second-order valence-corrected chi connectivity index (χ2v) is 3.50. The molecule has 0 radical (unpaired) electrons. The van der Waals surface area contributed by atoms with E-state index in [4.69, 9.17) is 5.11 Å². The van der Waals surface area contributed by atoms with Gasteiger partial charge in [-0.3, -0.25) is 0 Å². The molecule has 0 spiro atoms. The van der Waals surface area contributed by atoms with E-state index in [9.17, 15) is 9.90 Å². The quantitative estimate of drug-likeness (QED) is 0.760. The van der Waals surface area contributed by atoms with Crippen LogP contribution < -0.4 is 5.11 Å². The molecule has 4 heteroatoms. The zero-order chi connectivity index (χ0) is 11.2. The summed E-state index contributed by atoms with van der Waals surface area (Å²) in [6, 6.07) is 4.45. The van der Waals surface area contributed by atoms with Gasteiger partial charge < -0.3 is 14.8 Å². The summed E-state index contributed by atoms with van der Waals surface area (Å²) in [6.45, 7) is 1.73. The van der Waals surface area contributed by atoms with E-state index in [1.807, 2.05) is 0 Å². The minimum Gasteiger partial charge on any atom is -0.872 e. The average molecular weight is 204 g/mol. The number of carboxylic acids is 1. The Labute approximate surface area is 86.4 Å². The third-order valence-electron chi connectivity index (χ3n) is 2.68. The Morgan fingerprint density at radius 3 is 2.73 bits per heavy atom. The highest BCUT2D eigenvalue weighted by Crippen LogP contribution is 2.27. The lowest BCUT2D eigenvalue weighted by molar-refractivity contribution is -0.268. The molecule has 78 valence electrons. The van der Waals surface area contributed by atoms with Gasteiger partial charge in [0.1, 0.15) is 0 Å². The molecule has 0 atom stereocenters. The van der Waals surface area contributed by atoms with Gasteiger partial charge in [-0.1, -0.05) is 12.1 Å². The number of aryl methyl sites for hydroxylation is 1. The topological polar surface area (TPSA) is 65.3 Å². The van der Waals surface area contributed by atoms with Gasteiger partial charge in [-0.15, -0.1) is 5.75 Å². The molecule has 0 amide bonds. The van der Waals surface area contributed by atoms with Crippen molar-refractivity contribution >= 4 is 16.9 Å². The lowest BCUT2D eigenvalue weighted by atomic mass is 10.1. The standard InChI is InChI=1S/C11H11NO3/c1-6-10(11(14)15)8-5-7(13)3-4-9(8)12(6)2/h3-5,13H,1-2H3,(H,14,15)/p-1. The molecular formula is C11H10NO3-. The first kappa shape index (κ1) is 9.58. The van der Waals surface area contributed by atoms with Crippen molar-refractivity contribution in [2.45, 2.75) is 6.92 Å².